The minimum atomic E-state index is 0.498. The van der Waals surface area contributed by atoms with Gasteiger partial charge in [-0.15, -0.1) is 11.8 Å². The van der Waals surface area contributed by atoms with Crippen LogP contribution in [-0.4, -0.2) is 12.3 Å². The summed E-state index contributed by atoms with van der Waals surface area (Å²) in [6.07, 6.45) is 2.07. The lowest BCUT2D eigenvalue weighted by molar-refractivity contribution is 0.299. The van der Waals surface area contributed by atoms with Crippen molar-refractivity contribution in [2.75, 3.05) is 6.26 Å². The molecule has 0 aliphatic carbocycles. The van der Waals surface area contributed by atoms with Crippen molar-refractivity contribution in [1.29, 1.82) is 0 Å². The average molecular weight is 301 g/mol. The molecule has 0 aliphatic rings. The quantitative estimate of drug-likeness (QED) is 0.762. The summed E-state index contributed by atoms with van der Waals surface area (Å²) in [6, 6.07) is 17.2. The highest BCUT2D eigenvalue weighted by atomic mass is 32.2. The van der Waals surface area contributed by atoms with Gasteiger partial charge in [-0.1, -0.05) is 50.2 Å². The van der Waals surface area contributed by atoms with Crippen LogP contribution < -0.4 is 10.1 Å². The highest BCUT2D eigenvalue weighted by molar-refractivity contribution is 7.98. The Morgan fingerprint density at radius 2 is 1.81 bits per heavy atom. The van der Waals surface area contributed by atoms with Crippen molar-refractivity contribution in [1.82, 2.24) is 5.32 Å². The third-order valence-corrected chi connectivity index (χ3v) is 3.95. The first-order valence-corrected chi connectivity index (χ1v) is 8.48. The molecular weight excluding hydrogens is 278 g/mol. The predicted molar refractivity (Wildman–Crippen MR) is 91.0 cm³/mol. The Labute approximate surface area is 131 Å². The molecule has 2 aromatic rings. The van der Waals surface area contributed by atoms with Crippen LogP contribution in [-0.2, 0) is 13.2 Å². The second-order valence-electron chi connectivity index (χ2n) is 5.30. The summed E-state index contributed by atoms with van der Waals surface area (Å²) >= 11 is 1.71. The lowest BCUT2D eigenvalue weighted by Crippen LogP contribution is -2.21. The number of rotatable bonds is 7. The van der Waals surface area contributed by atoms with E-state index in [4.69, 9.17) is 4.74 Å². The van der Waals surface area contributed by atoms with Crippen molar-refractivity contribution < 1.29 is 4.74 Å². The van der Waals surface area contributed by atoms with Crippen LogP contribution in [0.2, 0.25) is 0 Å². The highest BCUT2D eigenvalue weighted by Gasteiger charge is 2.03. The van der Waals surface area contributed by atoms with Crippen molar-refractivity contribution in [3.63, 3.8) is 0 Å². The molecule has 0 aliphatic heterocycles. The van der Waals surface area contributed by atoms with Crippen molar-refractivity contribution >= 4 is 11.8 Å². The topological polar surface area (TPSA) is 21.3 Å². The molecular formula is C18H23NOS. The fraction of sp³-hybridized carbons (Fsp3) is 0.333. The van der Waals surface area contributed by atoms with Gasteiger partial charge in [-0.25, -0.2) is 0 Å². The molecule has 2 aromatic carbocycles. The van der Waals surface area contributed by atoms with Gasteiger partial charge in [-0.2, -0.15) is 0 Å². The molecule has 112 valence electrons. The molecule has 0 radical (unpaired) electrons. The zero-order valence-electron chi connectivity index (χ0n) is 12.9. The summed E-state index contributed by atoms with van der Waals surface area (Å²) < 4.78 is 5.95. The summed E-state index contributed by atoms with van der Waals surface area (Å²) in [5, 5.41) is 3.44. The number of thioether (sulfide) groups is 1. The first kappa shape index (κ1) is 15.9. The van der Waals surface area contributed by atoms with Gasteiger partial charge in [0.15, 0.2) is 0 Å². The van der Waals surface area contributed by atoms with Crippen LogP contribution in [0, 0.1) is 0 Å². The van der Waals surface area contributed by atoms with Gasteiger partial charge in [0, 0.05) is 17.5 Å². The molecule has 21 heavy (non-hydrogen) atoms. The third-order valence-electron chi connectivity index (χ3n) is 3.17. The summed E-state index contributed by atoms with van der Waals surface area (Å²) in [5.74, 6) is 0.954. The molecule has 0 amide bonds. The zero-order valence-corrected chi connectivity index (χ0v) is 13.7. The van der Waals surface area contributed by atoms with Crippen molar-refractivity contribution in [2.45, 2.75) is 37.9 Å². The zero-order chi connectivity index (χ0) is 15.1. The molecule has 0 atom stereocenters. The van der Waals surface area contributed by atoms with E-state index in [0.29, 0.717) is 12.6 Å². The van der Waals surface area contributed by atoms with Gasteiger partial charge in [-0.3, -0.25) is 0 Å². The number of para-hydroxylation sites is 1. The van der Waals surface area contributed by atoms with E-state index in [9.17, 15) is 0 Å². The number of nitrogens with one attached hydrogen (secondary N) is 1. The van der Waals surface area contributed by atoms with Gasteiger partial charge in [0.25, 0.3) is 0 Å². The second kappa shape index (κ2) is 8.11. The molecule has 1 N–H and O–H groups in total. The molecule has 3 heteroatoms. The maximum atomic E-state index is 5.95. The van der Waals surface area contributed by atoms with E-state index in [-0.39, 0.29) is 0 Å². The van der Waals surface area contributed by atoms with Gasteiger partial charge < -0.3 is 10.1 Å². The molecule has 0 saturated carbocycles. The maximum absolute atomic E-state index is 5.95. The summed E-state index contributed by atoms with van der Waals surface area (Å²) in [4.78, 5) is 1.18. The Kier molecular flexibility index (Phi) is 6.15. The number of ether oxygens (including phenoxy) is 1. The van der Waals surface area contributed by atoms with Gasteiger partial charge in [0.05, 0.1) is 0 Å². The number of benzene rings is 2. The van der Waals surface area contributed by atoms with E-state index < -0.39 is 0 Å². The van der Waals surface area contributed by atoms with Gasteiger partial charge in [-0.05, 0) is 29.5 Å². The van der Waals surface area contributed by atoms with Crippen LogP contribution in [0.1, 0.15) is 25.0 Å². The molecule has 0 bridgehead atoms. The van der Waals surface area contributed by atoms with E-state index in [1.165, 1.54) is 16.0 Å². The molecule has 0 aromatic heterocycles. The van der Waals surface area contributed by atoms with E-state index in [0.717, 1.165) is 12.3 Å². The van der Waals surface area contributed by atoms with Crippen molar-refractivity contribution in [3.05, 3.63) is 59.7 Å². The maximum Gasteiger partial charge on any atom is 0.133 e. The molecule has 0 heterocycles. The third kappa shape index (κ3) is 5.10. The Bertz CT molecular complexity index is 569. The lowest BCUT2D eigenvalue weighted by Gasteiger charge is -2.12. The van der Waals surface area contributed by atoms with Crippen LogP contribution in [0.15, 0.2) is 53.4 Å². The Balaban J connectivity index is 1.98. The summed E-state index contributed by atoms with van der Waals surface area (Å²) in [6.45, 7) is 5.82. The fourth-order valence-electron chi connectivity index (χ4n) is 2.05. The van der Waals surface area contributed by atoms with Crippen molar-refractivity contribution in [3.8, 4) is 5.75 Å². The van der Waals surface area contributed by atoms with E-state index in [1.54, 1.807) is 11.8 Å². The van der Waals surface area contributed by atoms with Gasteiger partial charge in [0.1, 0.15) is 12.4 Å². The first-order valence-electron chi connectivity index (χ1n) is 7.26. The average Bonchev–Trinajstić information content (AvgIpc) is 2.51. The predicted octanol–water partition coefficient (Wildman–Crippen LogP) is 4.49. The second-order valence-corrected chi connectivity index (χ2v) is 6.14. The van der Waals surface area contributed by atoms with Gasteiger partial charge >= 0.3 is 0 Å². The van der Waals surface area contributed by atoms with E-state index in [1.807, 2.05) is 18.2 Å². The van der Waals surface area contributed by atoms with Crippen LogP contribution in [0.4, 0.5) is 0 Å². The van der Waals surface area contributed by atoms with Crippen LogP contribution in [0.5, 0.6) is 5.75 Å². The Morgan fingerprint density at radius 1 is 1.05 bits per heavy atom. The molecule has 0 saturated heterocycles. The highest BCUT2D eigenvalue weighted by Crippen LogP contribution is 2.27. The number of hydrogen-bond acceptors (Lipinski definition) is 3. The molecule has 0 unspecified atom stereocenters. The standard InChI is InChI=1S/C18H23NOS/c1-14(2)19-12-15-7-6-8-16(11-15)13-20-17-9-4-5-10-18(17)21-3/h4-11,14,19H,12-13H2,1-3H3. The summed E-state index contributed by atoms with van der Waals surface area (Å²) in [5.41, 5.74) is 2.50. The smallest absolute Gasteiger partial charge is 0.133 e. The van der Waals surface area contributed by atoms with E-state index in [2.05, 4.69) is 55.8 Å². The molecule has 0 spiro atoms. The monoisotopic (exact) mass is 301 g/mol. The van der Waals surface area contributed by atoms with E-state index >= 15 is 0 Å². The fourth-order valence-corrected chi connectivity index (χ4v) is 2.59. The summed E-state index contributed by atoms with van der Waals surface area (Å²) in [7, 11) is 0. The van der Waals surface area contributed by atoms with Crippen molar-refractivity contribution in [2.24, 2.45) is 0 Å². The Morgan fingerprint density at radius 3 is 2.57 bits per heavy atom. The van der Waals surface area contributed by atoms with Gasteiger partial charge in [0.2, 0.25) is 0 Å². The lowest BCUT2D eigenvalue weighted by atomic mass is 10.1. The minimum absolute atomic E-state index is 0.498. The van der Waals surface area contributed by atoms with Crippen LogP contribution in [0.3, 0.4) is 0 Å². The van der Waals surface area contributed by atoms with Crippen LogP contribution in [0.25, 0.3) is 0 Å². The first-order chi connectivity index (χ1) is 10.2. The Hall–Kier alpha value is -1.45. The largest absolute Gasteiger partial charge is 0.488 e. The van der Waals surface area contributed by atoms with Crippen LogP contribution >= 0.6 is 11.8 Å². The normalized spacial score (nSPS) is 10.9. The number of hydrogen-bond donors (Lipinski definition) is 1. The molecule has 2 nitrogen and oxygen atoms in total. The molecule has 0 fully saturated rings. The SMILES string of the molecule is CSc1ccccc1OCc1cccc(CNC(C)C)c1. The minimum Gasteiger partial charge on any atom is -0.488 e. The molecule has 2 rings (SSSR count).